The SMILES string of the molecule is CCCNCc1sc(S(=O)(=O)NC(C)COCC)cc1C. The van der Waals surface area contributed by atoms with Gasteiger partial charge >= 0.3 is 0 Å². The van der Waals surface area contributed by atoms with Gasteiger partial charge in [0, 0.05) is 24.1 Å². The average molecular weight is 335 g/mol. The highest BCUT2D eigenvalue weighted by Crippen LogP contribution is 2.26. The van der Waals surface area contributed by atoms with Crippen LogP contribution in [0.1, 0.15) is 37.6 Å². The smallest absolute Gasteiger partial charge is 0.250 e. The fourth-order valence-electron chi connectivity index (χ4n) is 1.83. The minimum absolute atomic E-state index is 0.237. The van der Waals surface area contributed by atoms with Crippen LogP contribution in [-0.2, 0) is 21.3 Å². The standard InChI is InChI=1S/C14H26N2O3S2/c1-5-7-15-9-13-11(3)8-14(20-13)21(17,18)16-12(4)10-19-6-2/h8,12,15-16H,5-7,9-10H2,1-4H3. The Morgan fingerprint density at radius 3 is 2.71 bits per heavy atom. The van der Waals surface area contributed by atoms with Crippen molar-refractivity contribution in [3.8, 4) is 0 Å². The number of rotatable bonds is 10. The number of aryl methyl sites for hydroxylation is 1. The van der Waals surface area contributed by atoms with Crippen LogP contribution in [0.15, 0.2) is 10.3 Å². The fraction of sp³-hybridized carbons (Fsp3) is 0.714. The summed E-state index contributed by atoms with van der Waals surface area (Å²) in [7, 11) is -3.46. The van der Waals surface area contributed by atoms with Gasteiger partial charge in [0.15, 0.2) is 0 Å². The molecule has 0 aliphatic heterocycles. The van der Waals surface area contributed by atoms with Crippen molar-refractivity contribution in [1.82, 2.24) is 10.0 Å². The fourth-order valence-corrected chi connectivity index (χ4v) is 4.63. The highest BCUT2D eigenvalue weighted by Gasteiger charge is 2.21. The van der Waals surface area contributed by atoms with Gasteiger partial charge in [0.25, 0.3) is 0 Å². The van der Waals surface area contributed by atoms with Crippen molar-refractivity contribution >= 4 is 21.4 Å². The van der Waals surface area contributed by atoms with E-state index >= 15 is 0 Å². The lowest BCUT2D eigenvalue weighted by Gasteiger charge is -2.12. The van der Waals surface area contributed by atoms with E-state index in [9.17, 15) is 8.42 Å². The van der Waals surface area contributed by atoms with E-state index < -0.39 is 10.0 Å². The van der Waals surface area contributed by atoms with Crippen molar-refractivity contribution in [3.63, 3.8) is 0 Å². The molecule has 1 rings (SSSR count). The molecule has 2 N–H and O–H groups in total. The largest absolute Gasteiger partial charge is 0.380 e. The van der Waals surface area contributed by atoms with Gasteiger partial charge < -0.3 is 10.1 Å². The molecule has 0 fully saturated rings. The Morgan fingerprint density at radius 2 is 2.10 bits per heavy atom. The zero-order valence-corrected chi connectivity index (χ0v) is 14.9. The minimum atomic E-state index is -3.46. The summed E-state index contributed by atoms with van der Waals surface area (Å²) in [5, 5.41) is 3.30. The zero-order chi connectivity index (χ0) is 15.9. The van der Waals surface area contributed by atoms with Crippen LogP contribution in [0, 0.1) is 6.92 Å². The van der Waals surface area contributed by atoms with Crippen LogP contribution in [0.2, 0.25) is 0 Å². The van der Waals surface area contributed by atoms with Gasteiger partial charge in [-0.3, -0.25) is 0 Å². The Balaban J connectivity index is 2.72. The summed E-state index contributed by atoms with van der Waals surface area (Å²) in [6.45, 7) is 10.4. The summed E-state index contributed by atoms with van der Waals surface area (Å²) in [5.74, 6) is 0. The van der Waals surface area contributed by atoms with Crippen LogP contribution in [0.4, 0.5) is 0 Å². The first-order valence-corrected chi connectivity index (χ1v) is 9.60. The average Bonchev–Trinajstić information content (AvgIpc) is 2.79. The van der Waals surface area contributed by atoms with Gasteiger partial charge in [-0.05, 0) is 45.4 Å². The molecule has 1 heterocycles. The first-order chi connectivity index (χ1) is 9.90. The topological polar surface area (TPSA) is 67.4 Å². The number of ether oxygens (including phenoxy) is 1. The van der Waals surface area contributed by atoms with Gasteiger partial charge in [0.05, 0.1) is 6.61 Å². The van der Waals surface area contributed by atoms with Crippen molar-refractivity contribution in [2.45, 2.75) is 50.9 Å². The van der Waals surface area contributed by atoms with Crippen LogP contribution in [0.5, 0.6) is 0 Å². The molecule has 0 spiro atoms. The summed E-state index contributed by atoms with van der Waals surface area (Å²) < 4.78 is 32.9. The molecule has 0 bridgehead atoms. The summed E-state index contributed by atoms with van der Waals surface area (Å²) in [6.07, 6.45) is 1.06. The van der Waals surface area contributed by atoms with Gasteiger partial charge in [-0.1, -0.05) is 6.92 Å². The van der Waals surface area contributed by atoms with Crippen molar-refractivity contribution < 1.29 is 13.2 Å². The molecular weight excluding hydrogens is 308 g/mol. The highest BCUT2D eigenvalue weighted by molar-refractivity contribution is 7.91. The van der Waals surface area contributed by atoms with Crippen LogP contribution in [-0.4, -0.2) is 34.2 Å². The van der Waals surface area contributed by atoms with E-state index in [1.807, 2.05) is 13.8 Å². The molecule has 0 amide bonds. The molecule has 122 valence electrons. The highest BCUT2D eigenvalue weighted by atomic mass is 32.2. The lowest BCUT2D eigenvalue weighted by molar-refractivity contribution is 0.133. The number of nitrogens with one attached hydrogen (secondary N) is 2. The Hall–Kier alpha value is -0.470. The maximum atomic E-state index is 12.3. The van der Waals surface area contributed by atoms with Gasteiger partial charge in [0.1, 0.15) is 4.21 Å². The maximum Gasteiger partial charge on any atom is 0.250 e. The molecule has 1 aromatic heterocycles. The molecule has 7 heteroatoms. The molecule has 1 unspecified atom stereocenters. The van der Waals surface area contributed by atoms with E-state index in [2.05, 4.69) is 17.0 Å². The van der Waals surface area contributed by atoms with Crippen molar-refractivity contribution in [3.05, 3.63) is 16.5 Å². The predicted molar refractivity (Wildman–Crippen MR) is 87.3 cm³/mol. The second-order valence-electron chi connectivity index (χ2n) is 5.03. The van der Waals surface area contributed by atoms with E-state index in [-0.39, 0.29) is 6.04 Å². The Labute approximate surface area is 132 Å². The van der Waals surface area contributed by atoms with Crippen molar-refractivity contribution in [2.24, 2.45) is 0 Å². The molecule has 0 aliphatic rings. The third-order valence-electron chi connectivity index (χ3n) is 2.90. The molecule has 21 heavy (non-hydrogen) atoms. The first-order valence-electron chi connectivity index (χ1n) is 7.30. The number of sulfonamides is 1. The lowest BCUT2D eigenvalue weighted by Crippen LogP contribution is -2.35. The number of hydrogen-bond acceptors (Lipinski definition) is 5. The van der Waals surface area contributed by atoms with Crippen LogP contribution in [0.3, 0.4) is 0 Å². The molecular formula is C14H26N2O3S2. The van der Waals surface area contributed by atoms with Gasteiger partial charge in [-0.25, -0.2) is 13.1 Å². The zero-order valence-electron chi connectivity index (χ0n) is 13.2. The second kappa shape index (κ2) is 8.85. The van der Waals surface area contributed by atoms with Crippen LogP contribution in [0.25, 0.3) is 0 Å². The van der Waals surface area contributed by atoms with E-state index in [4.69, 9.17) is 4.74 Å². The van der Waals surface area contributed by atoms with E-state index in [0.717, 1.165) is 23.4 Å². The molecule has 1 atom stereocenters. The maximum absolute atomic E-state index is 12.3. The summed E-state index contributed by atoms with van der Waals surface area (Å²) in [6, 6.07) is 1.50. The minimum Gasteiger partial charge on any atom is -0.380 e. The molecule has 1 aromatic rings. The normalized spacial score (nSPS) is 13.5. The molecule has 0 radical (unpaired) electrons. The van der Waals surface area contributed by atoms with E-state index in [0.29, 0.717) is 24.0 Å². The van der Waals surface area contributed by atoms with E-state index in [1.54, 1.807) is 13.0 Å². The molecule has 0 saturated carbocycles. The third-order valence-corrected chi connectivity index (χ3v) is 6.20. The first kappa shape index (κ1) is 18.6. The quantitative estimate of drug-likeness (QED) is 0.644. The number of hydrogen-bond donors (Lipinski definition) is 2. The summed E-state index contributed by atoms with van der Waals surface area (Å²) in [5.41, 5.74) is 1.02. The lowest BCUT2D eigenvalue weighted by atomic mass is 10.3. The summed E-state index contributed by atoms with van der Waals surface area (Å²) in [4.78, 5) is 1.07. The van der Waals surface area contributed by atoms with Gasteiger partial charge in [-0.2, -0.15) is 0 Å². The predicted octanol–water partition coefficient (Wildman–Crippen LogP) is 2.26. The van der Waals surface area contributed by atoms with E-state index in [1.165, 1.54) is 11.3 Å². The van der Waals surface area contributed by atoms with Crippen LogP contribution >= 0.6 is 11.3 Å². The molecule has 0 saturated heterocycles. The molecule has 0 aromatic carbocycles. The van der Waals surface area contributed by atoms with Gasteiger partial charge in [0.2, 0.25) is 10.0 Å². The molecule has 5 nitrogen and oxygen atoms in total. The van der Waals surface area contributed by atoms with Crippen molar-refractivity contribution in [1.29, 1.82) is 0 Å². The number of thiophene rings is 1. The van der Waals surface area contributed by atoms with Crippen LogP contribution < -0.4 is 10.0 Å². The third kappa shape index (κ3) is 6.04. The Morgan fingerprint density at radius 1 is 1.38 bits per heavy atom. The monoisotopic (exact) mass is 334 g/mol. The molecule has 0 aliphatic carbocycles. The van der Waals surface area contributed by atoms with Crippen molar-refractivity contribution in [2.75, 3.05) is 19.8 Å². The Kier molecular flexibility index (Phi) is 7.83. The van der Waals surface area contributed by atoms with Gasteiger partial charge in [-0.15, -0.1) is 11.3 Å². The second-order valence-corrected chi connectivity index (χ2v) is 8.11. The summed E-state index contributed by atoms with van der Waals surface area (Å²) >= 11 is 1.33. The Bertz CT molecular complexity index is 526.